The number of piperidine rings is 2. The summed E-state index contributed by atoms with van der Waals surface area (Å²) in [4.78, 5) is 21.9. The van der Waals surface area contributed by atoms with E-state index in [1.165, 1.54) is 18.4 Å². The first-order chi connectivity index (χ1) is 13.5. The highest BCUT2D eigenvalue weighted by atomic mass is 16.5. The minimum Gasteiger partial charge on any atom is -0.377 e. The Bertz CT molecular complexity index is 614. The third-order valence-corrected chi connectivity index (χ3v) is 6.27. The highest BCUT2D eigenvalue weighted by Gasteiger charge is 2.32. The van der Waals surface area contributed by atoms with Crippen LogP contribution in [0.3, 0.4) is 0 Å². The first-order valence-electron chi connectivity index (χ1n) is 10.6. The largest absolute Gasteiger partial charge is 0.377 e. The van der Waals surface area contributed by atoms with Crippen LogP contribution in [0.2, 0.25) is 0 Å². The Balaban J connectivity index is 1.44. The summed E-state index contributed by atoms with van der Waals surface area (Å²) in [5, 5.41) is 3.10. The summed E-state index contributed by atoms with van der Waals surface area (Å²) in [6, 6.07) is 4.77. The van der Waals surface area contributed by atoms with Crippen LogP contribution in [0.4, 0.5) is 0 Å². The number of methoxy groups -OCH3 is 1. The Hall–Kier alpha value is -1.50. The van der Waals surface area contributed by atoms with Gasteiger partial charge in [0.25, 0.3) is 0 Å². The molecule has 156 valence electrons. The molecule has 2 aliphatic rings. The molecule has 2 fully saturated rings. The van der Waals surface area contributed by atoms with E-state index in [0.717, 1.165) is 45.6 Å². The van der Waals surface area contributed by atoms with E-state index in [-0.39, 0.29) is 17.4 Å². The highest BCUT2D eigenvalue weighted by molar-refractivity contribution is 5.79. The molecule has 3 rings (SSSR count). The Morgan fingerprint density at radius 1 is 1.29 bits per heavy atom. The smallest absolute Gasteiger partial charge is 0.224 e. The molecule has 0 radical (unpaired) electrons. The minimum atomic E-state index is -0.314. The second-order valence-corrected chi connectivity index (χ2v) is 8.88. The number of carbonyl (C=O) groups excluding carboxylic acids is 1. The van der Waals surface area contributed by atoms with Crippen molar-refractivity contribution in [1.82, 2.24) is 20.1 Å². The van der Waals surface area contributed by atoms with Gasteiger partial charge in [0.1, 0.15) is 0 Å². The van der Waals surface area contributed by atoms with Crippen LogP contribution in [-0.4, -0.2) is 72.2 Å². The van der Waals surface area contributed by atoms with E-state index < -0.39 is 0 Å². The molecule has 1 aromatic heterocycles. The van der Waals surface area contributed by atoms with Crippen LogP contribution < -0.4 is 5.32 Å². The molecular formula is C22H36N4O2. The number of nitrogens with zero attached hydrogens (tertiary/aromatic N) is 3. The predicted molar refractivity (Wildman–Crippen MR) is 111 cm³/mol. The van der Waals surface area contributed by atoms with Crippen molar-refractivity contribution >= 4 is 5.91 Å². The van der Waals surface area contributed by atoms with Crippen LogP contribution in [0, 0.1) is 5.92 Å². The summed E-state index contributed by atoms with van der Waals surface area (Å²) in [6.07, 6.45) is 8.27. The highest BCUT2D eigenvalue weighted by Crippen LogP contribution is 2.25. The van der Waals surface area contributed by atoms with Crippen molar-refractivity contribution in [2.24, 2.45) is 5.92 Å². The van der Waals surface area contributed by atoms with Gasteiger partial charge in [0.2, 0.25) is 5.91 Å². The van der Waals surface area contributed by atoms with Gasteiger partial charge >= 0.3 is 0 Å². The lowest BCUT2D eigenvalue weighted by Gasteiger charge is -2.42. The zero-order valence-electron chi connectivity index (χ0n) is 17.7. The standard InChI is InChI=1S/C22H36N4O2/c1-22(2,28-3)17-24-21(27)19-7-5-11-26(16-19)20-8-12-25(13-9-20)15-18-6-4-10-23-14-18/h4,6,10,14,19-20H,5,7-9,11-13,15-17H2,1-3H3,(H,24,27)/t19-/m1/s1. The zero-order chi connectivity index (χ0) is 20.0. The lowest BCUT2D eigenvalue weighted by molar-refractivity contribution is -0.128. The first kappa shape index (κ1) is 21.2. The minimum absolute atomic E-state index is 0.106. The van der Waals surface area contributed by atoms with Crippen molar-refractivity contribution in [3.8, 4) is 0 Å². The zero-order valence-corrected chi connectivity index (χ0v) is 17.7. The number of ether oxygens (including phenoxy) is 1. The molecule has 0 saturated carbocycles. The normalized spacial score (nSPS) is 22.9. The van der Waals surface area contributed by atoms with Crippen LogP contribution in [0.5, 0.6) is 0 Å². The number of likely N-dealkylation sites (tertiary alicyclic amines) is 2. The Morgan fingerprint density at radius 2 is 2.07 bits per heavy atom. The maximum atomic E-state index is 12.6. The van der Waals surface area contributed by atoms with E-state index in [2.05, 4.69) is 26.2 Å². The molecule has 1 amide bonds. The van der Waals surface area contributed by atoms with Crippen molar-refractivity contribution < 1.29 is 9.53 Å². The molecule has 3 heterocycles. The van der Waals surface area contributed by atoms with E-state index in [1.807, 2.05) is 32.3 Å². The third-order valence-electron chi connectivity index (χ3n) is 6.27. The molecule has 1 atom stereocenters. The quantitative estimate of drug-likeness (QED) is 0.777. The van der Waals surface area contributed by atoms with Crippen molar-refractivity contribution in [3.05, 3.63) is 30.1 Å². The summed E-state index contributed by atoms with van der Waals surface area (Å²) >= 11 is 0. The summed E-state index contributed by atoms with van der Waals surface area (Å²) < 4.78 is 5.41. The molecule has 2 saturated heterocycles. The second-order valence-electron chi connectivity index (χ2n) is 8.88. The fourth-order valence-electron chi connectivity index (χ4n) is 4.26. The van der Waals surface area contributed by atoms with Gasteiger partial charge in [-0.2, -0.15) is 0 Å². The van der Waals surface area contributed by atoms with Gasteiger partial charge in [-0.1, -0.05) is 6.07 Å². The number of carbonyl (C=O) groups is 1. The van der Waals surface area contributed by atoms with Gasteiger partial charge in [-0.05, 0) is 70.8 Å². The fraction of sp³-hybridized carbons (Fsp3) is 0.727. The van der Waals surface area contributed by atoms with Crippen LogP contribution in [0.15, 0.2) is 24.5 Å². The average Bonchev–Trinajstić information content (AvgIpc) is 2.73. The van der Waals surface area contributed by atoms with Crippen LogP contribution in [0.25, 0.3) is 0 Å². The maximum absolute atomic E-state index is 12.6. The molecule has 0 aromatic carbocycles. The SMILES string of the molecule is COC(C)(C)CNC(=O)[C@@H]1CCCN(C2CCN(Cc3cccnc3)CC2)C1. The summed E-state index contributed by atoms with van der Waals surface area (Å²) in [7, 11) is 1.69. The first-order valence-corrected chi connectivity index (χ1v) is 10.6. The Labute approximate surface area is 169 Å². The van der Waals surface area contributed by atoms with Gasteiger partial charge in [-0.3, -0.25) is 19.6 Å². The summed E-state index contributed by atoms with van der Waals surface area (Å²) in [6.45, 7) is 9.81. The molecule has 1 aromatic rings. The molecule has 0 aliphatic carbocycles. The number of hydrogen-bond donors (Lipinski definition) is 1. The van der Waals surface area contributed by atoms with E-state index in [9.17, 15) is 4.79 Å². The fourth-order valence-corrected chi connectivity index (χ4v) is 4.26. The molecule has 0 spiro atoms. The second kappa shape index (κ2) is 9.81. The average molecular weight is 389 g/mol. The predicted octanol–water partition coefficient (Wildman–Crippen LogP) is 2.30. The van der Waals surface area contributed by atoms with Gasteiger partial charge in [-0.15, -0.1) is 0 Å². The monoisotopic (exact) mass is 388 g/mol. The molecule has 6 nitrogen and oxygen atoms in total. The van der Waals surface area contributed by atoms with E-state index in [0.29, 0.717) is 12.6 Å². The molecular weight excluding hydrogens is 352 g/mol. The summed E-state index contributed by atoms with van der Waals surface area (Å²) in [5.41, 5.74) is 0.972. The molecule has 0 bridgehead atoms. The van der Waals surface area contributed by atoms with E-state index in [4.69, 9.17) is 4.74 Å². The van der Waals surface area contributed by atoms with Crippen molar-refractivity contribution in [2.45, 2.75) is 57.7 Å². The topological polar surface area (TPSA) is 57.7 Å². The van der Waals surface area contributed by atoms with Crippen molar-refractivity contribution in [1.29, 1.82) is 0 Å². The lowest BCUT2D eigenvalue weighted by Crippen LogP contribution is -2.51. The summed E-state index contributed by atoms with van der Waals surface area (Å²) in [5.74, 6) is 0.290. The molecule has 0 unspecified atom stereocenters. The number of nitrogens with one attached hydrogen (secondary N) is 1. The number of rotatable bonds is 7. The third kappa shape index (κ3) is 6.00. The number of hydrogen-bond acceptors (Lipinski definition) is 5. The lowest BCUT2D eigenvalue weighted by atomic mass is 9.93. The number of amides is 1. The van der Waals surface area contributed by atoms with Gasteiger partial charge in [0.15, 0.2) is 0 Å². The van der Waals surface area contributed by atoms with E-state index >= 15 is 0 Å². The number of aromatic nitrogens is 1. The van der Waals surface area contributed by atoms with Gasteiger partial charge < -0.3 is 10.1 Å². The Kier molecular flexibility index (Phi) is 7.43. The van der Waals surface area contributed by atoms with Crippen molar-refractivity contribution in [2.75, 3.05) is 39.8 Å². The Morgan fingerprint density at radius 3 is 2.75 bits per heavy atom. The van der Waals surface area contributed by atoms with Crippen molar-refractivity contribution in [3.63, 3.8) is 0 Å². The molecule has 28 heavy (non-hydrogen) atoms. The van der Waals surface area contributed by atoms with E-state index in [1.54, 1.807) is 7.11 Å². The van der Waals surface area contributed by atoms with Crippen LogP contribution in [0.1, 0.15) is 45.1 Å². The molecule has 2 aliphatic heterocycles. The van der Waals surface area contributed by atoms with Gasteiger partial charge in [-0.25, -0.2) is 0 Å². The molecule has 1 N–H and O–H groups in total. The maximum Gasteiger partial charge on any atom is 0.224 e. The van der Waals surface area contributed by atoms with Gasteiger partial charge in [0.05, 0.1) is 11.5 Å². The van der Waals surface area contributed by atoms with Crippen LogP contribution >= 0.6 is 0 Å². The van der Waals surface area contributed by atoms with Crippen LogP contribution in [-0.2, 0) is 16.1 Å². The molecule has 6 heteroatoms. The number of pyridine rings is 1. The van der Waals surface area contributed by atoms with Gasteiger partial charge in [0, 0.05) is 45.2 Å².